The van der Waals surface area contributed by atoms with Crippen molar-refractivity contribution in [3.63, 3.8) is 0 Å². The Hall–Kier alpha value is -0.760. The molecular formula is C7H13NO. The minimum atomic E-state index is 0.558. The maximum atomic E-state index is 5.19. The maximum Gasteiger partial charge on any atom is 0.0999 e. The zero-order chi connectivity index (χ0) is 7.11. The van der Waals surface area contributed by atoms with Gasteiger partial charge in [-0.3, -0.25) is 0 Å². The molecule has 0 spiro atoms. The standard InChI is InChI=1S/C7H13NO/c1-3-4-7(2)9-6-5-8/h3-4H,1,5-6,8H2,2H3/b7-4+. The first-order valence-electron chi connectivity index (χ1n) is 2.93. The topological polar surface area (TPSA) is 35.2 Å². The molecule has 2 nitrogen and oxygen atoms in total. The fourth-order valence-corrected chi connectivity index (χ4v) is 0.434. The van der Waals surface area contributed by atoms with Crippen molar-refractivity contribution in [1.82, 2.24) is 0 Å². The van der Waals surface area contributed by atoms with Gasteiger partial charge in [0.15, 0.2) is 0 Å². The molecular weight excluding hydrogens is 114 g/mol. The summed E-state index contributed by atoms with van der Waals surface area (Å²) in [6.07, 6.45) is 3.49. The molecule has 0 radical (unpaired) electrons. The molecule has 0 aliphatic carbocycles. The van der Waals surface area contributed by atoms with Crippen LogP contribution in [-0.2, 0) is 4.74 Å². The van der Waals surface area contributed by atoms with Gasteiger partial charge in [-0.05, 0) is 13.0 Å². The predicted octanol–water partition coefficient (Wildman–Crippen LogP) is 1.05. The van der Waals surface area contributed by atoms with Crippen LogP contribution < -0.4 is 5.73 Å². The highest BCUT2D eigenvalue weighted by molar-refractivity contribution is 5.01. The van der Waals surface area contributed by atoms with Gasteiger partial charge in [-0.25, -0.2) is 0 Å². The summed E-state index contributed by atoms with van der Waals surface area (Å²) in [5.74, 6) is 0.857. The van der Waals surface area contributed by atoms with E-state index in [4.69, 9.17) is 10.5 Å². The van der Waals surface area contributed by atoms with Crippen molar-refractivity contribution >= 4 is 0 Å². The Morgan fingerprint density at radius 3 is 2.89 bits per heavy atom. The SMILES string of the molecule is C=C/C=C(\C)OCCN. The van der Waals surface area contributed by atoms with Gasteiger partial charge in [-0.1, -0.05) is 12.7 Å². The van der Waals surface area contributed by atoms with E-state index in [-0.39, 0.29) is 0 Å². The Kier molecular flexibility index (Phi) is 4.92. The van der Waals surface area contributed by atoms with Crippen LogP contribution in [0.25, 0.3) is 0 Å². The van der Waals surface area contributed by atoms with Crippen molar-refractivity contribution in [3.8, 4) is 0 Å². The van der Waals surface area contributed by atoms with Crippen molar-refractivity contribution in [3.05, 3.63) is 24.5 Å². The highest BCUT2D eigenvalue weighted by Gasteiger charge is 1.83. The molecule has 0 aromatic heterocycles. The number of hydrogen-bond donors (Lipinski definition) is 1. The summed E-state index contributed by atoms with van der Waals surface area (Å²) < 4.78 is 5.10. The molecule has 0 aromatic rings. The van der Waals surface area contributed by atoms with E-state index in [9.17, 15) is 0 Å². The largest absolute Gasteiger partial charge is 0.497 e. The molecule has 52 valence electrons. The van der Waals surface area contributed by atoms with Gasteiger partial charge in [-0.2, -0.15) is 0 Å². The van der Waals surface area contributed by atoms with Crippen LogP contribution in [0.5, 0.6) is 0 Å². The van der Waals surface area contributed by atoms with E-state index in [2.05, 4.69) is 6.58 Å². The second-order valence-electron chi connectivity index (χ2n) is 1.65. The Bertz CT molecular complexity index is 107. The zero-order valence-electron chi connectivity index (χ0n) is 5.76. The van der Waals surface area contributed by atoms with Gasteiger partial charge in [0.2, 0.25) is 0 Å². The van der Waals surface area contributed by atoms with Crippen molar-refractivity contribution in [1.29, 1.82) is 0 Å². The van der Waals surface area contributed by atoms with Gasteiger partial charge in [0.1, 0.15) is 0 Å². The van der Waals surface area contributed by atoms with Crippen LogP contribution in [0.4, 0.5) is 0 Å². The summed E-state index contributed by atoms with van der Waals surface area (Å²) >= 11 is 0. The summed E-state index contributed by atoms with van der Waals surface area (Å²) in [6.45, 7) is 6.53. The smallest absolute Gasteiger partial charge is 0.0999 e. The van der Waals surface area contributed by atoms with E-state index in [1.807, 2.05) is 6.92 Å². The molecule has 0 unspecified atom stereocenters. The molecule has 2 N–H and O–H groups in total. The first-order chi connectivity index (χ1) is 4.31. The van der Waals surface area contributed by atoms with Crippen LogP contribution in [0.1, 0.15) is 6.92 Å². The molecule has 9 heavy (non-hydrogen) atoms. The fraction of sp³-hybridized carbons (Fsp3) is 0.429. The molecule has 0 rings (SSSR count). The highest BCUT2D eigenvalue weighted by atomic mass is 16.5. The Morgan fingerprint density at radius 1 is 1.78 bits per heavy atom. The highest BCUT2D eigenvalue weighted by Crippen LogP contribution is 1.92. The third-order valence-corrected chi connectivity index (χ3v) is 0.800. The van der Waals surface area contributed by atoms with E-state index in [0.717, 1.165) is 5.76 Å². The molecule has 0 amide bonds. The molecule has 2 heteroatoms. The first kappa shape index (κ1) is 8.24. The number of rotatable bonds is 4. The third kappa shape index (κ3) is 5.11. The van der Waals surface area contributed by atoms with E-state index in [1.165, 1.54) is 0 Å². The second kappa shape index (κ2) is 5.38. The minimum Gasteiger partial charge on any atom is -0.497 e. The number of ether oxygens (including phenoxy) is 1. The van der Waals surface area contributed by atoms with Gasteiger partial charge < -0.3 is 10.5 Å². The van der Waals surface area contributed by atoms with Crippen LogP contribution in [0, 0.1) is 0 Å². The van der Waals surface area contributed by atoms with Crippen LogP contribution in [0.3, 0.4) is 0 Å². The number of hydrogen-bond acceptors (Lipinski definition) is 2. The quantitative estimate of drug-likeness (QED) is 0.452. The lowest BCUT2D eigenvalue weighted by molar-refractivity contribution is 0.223. The van der Waals surface area contributed by atoms with Gasteiger partial charge >= 0.3 is 0 Å². The van der Waals surface area contributed by atoms with Gasteiger partial charge in [0.25, 0.3) is 0 Å². The Balaban J connectivity index is 3.36. The minimum absolute atomic E-state index is 0.558. The normalized spacial score (nSPS) is 11.1. The predicted molar refractivity (Wildman–Crippen MR) is 39.0 cm³/mol. The second-order valence-corrected chi connectivity index (χ2v) is 1.65. The van der Waals surface area contributed by atoms with Crippen molar-refractivity contribution in [2.45, 2.75) is 6.92 Å². The summed E-state index contributed by atoms with van der Waals surface area (Å²) in [4.78, 5) is 0. The fourth-order valence-electron chi connectivity index (χ4n) is 0.434. The van der Waals surface area contributed by atoms with Crippen LogP contribution >= 0.6 is 0 Å². The van der Waals surface area contributed by atoms with E-state index >= 15 is 0 Å². The molecule has 0 saturated heterocycles. The van der Waals surface area contributed by atoms with E-state index in [0.29, 0.717) is 13.2 Å². The van der Waals surface area contributed by atoms with Crippen molar-refractivity contribution in [2.75, 3.05) is 13.2 Å². The van der Waals surface area contributed by atoms with Gasteiger partial charge in [0.05, 0.1) is 12.4 Å². The summed E-state index contributed by atoms with van der Waals surface area (Å²) in [5, 5.41) is 0. The van der Waals surface area contributed by atoms with E-state index < -0.39 is 0 Å². The summed E-state index contributed by atoms with van der Waals surface area (Å²) in [6, 6.07) is 0. The zero-order valence-corrected chi connectivity index (χ0v) is 5.76. The van der Waals surface area contributed by atoms with Crippen LogP contribution in [0.15, 0.2) is 24.5 Å². The molecule has 0 atom stereocenters. The Labute approximate surface area is 56.0 Å². The van der Waals surface area contributed by atoms with Gasteiger partial charge in [-0.15, -0.1) is 0 Å². The van der Waals surface area contributed by atoms with Crippen LogP contribution in [-0.4, -0.2) is 13.2 Å². The lowest BCUT2D eigenvalue weighted by Gasteiger charge is -2.01. The molecule has 0 aromatic carbocycles. The molecule has 0 fully saturated rings. The van der Waals surface area contributed by atoms with E-state index in [1.54, 1.807) is 12.2 Å². The first-order valence-corrected chi connectivity index (χ1v) is 2.93. The number of nitrogens with two attached hydrogens (primary N) is 1. The molecule has 0 bridgehead atoms. The third-order valence-electron chi connectivity index (χ3n) is 0.800. The van der Waals surface area contributed by atoms with Crippen molar-refractivity contribution < 1.29 is 4.74 Å². The maximum absolute atomic E-state index is 5.19. The lowest BCUT2D eigenvalue weighted by atomic mass is 10.5. The van der Waals surface area contributed by atoms with Gasteiger partial charge in [0, 0.05) is 6.54 Å². The molecule has 0 saturated carbocycles. The van der Waals surface area contributed by atoms with Crippen molar-refractivity contribution in [2.24, 2.45) is 5.73 Å². The summed E-state index contributed by atoms with van der Waals surface area (Å²) in [5.41, 5.74) is 5.19. The lowest BCUT2D eigenvalue weighted by Crippen LogP contribution is -2.06. The molecule has 0 aliphatic rings. The number of allylic oxidation sites excluding steroid dienone is 3. The molecule has 0 aliphatic heterocycles. The monoisotopic (exact) mass is 127 g/mol. The average molecular weight is 127 g/mol. The van der Waals surface area contributed by atoms with Crippen LogP contribution in [0.2, 0.25) is 0 Å². The summed E-state index contributed by atoms with van der Waals surface area (Å²) in [7, 11) is 0. The Morgan fingerprint density at radius 2 is 2.44 bits per heavy atom. The average Bonchev–Trinajstić information content (AvgIpc) is 1.85. The molecule has 0 heterocycles.